The van der Waals surface area contributed by atoms with Crippen molar-refractivity contribution >= 4 is 5.69 Å². The molecule has 0 aromatic heterocycles. The Morgan fingerprint density at radius 1 is 1.12 bits per heavy atom. The second-order valence-electron chi connectivity index (χ2n) is 5.41. The lowest BCUT2D eigenvalue weighted by Gasteiger charge is -2.17. The zero-order chi connectivity index (χ0) is 11.7. The first-order valence-corrected chi connectivity index (χ1v) is 6.61. The van der Waals surface area contributed by atoms with Gasteiger partial charge in [-0.1, -0.05) is 0 Å². The summed E-state index contributed by atoms with van der Waals surface area (Å²) in [5.74, 6) is 2.88. The van der Waals surface area contributed by atoms with Gasteiger partial charge in [-0.25, -0.2) is 0 Å². The van der Waals surface area contributed by atoms with E-state index in [1.807, 2.05) is 24.3 Å². The molecule has 1 aromatic carbocycles. The number of anilines is 1. The van der Waals surface area contributed by atoms with E-state index in [4.69, 9.17) is 5.26 Å². The molecule has 0 atom stereocenters. The molecule has 1 N–H and O–H groups in total. The van der Waals surface area contributed by atoms with Crippen LogP contribution in [0.4, 0.5) is 5.69 Å². The minimum atomic E-state index is 0.733. The molecule has 2 nitrogen and oxygen atoms in total. The number of hydrogen-bond acceptors (Lipinski definition) is 2. The van der Waals surface area contributed by atoms with E-state index in [1.54, 1.807) is 0 Å². The highest BCUT2D eigenvalue weighted by atomic mass is 14.9. The molecule has 2 heteroatoms. The summed E-state index contributed by atoms with van der Waals surface area (Å²) in [5.41, 5.74) is 1.88. The van der Waals surface area contributed by atoms with E-state index in [1.165, 1.54) is 25.7 Å². The molecule has 88 valence electrons. The molecule has 3 rings (SSSR count). The van der Waals surface area contributed by atoms with Crippen LogP contribution in [0.25, 0.3) is 0 Å². The number of nitrogens with one attached hydrogen (secondary N) is 1. The largest absolute Gasteiger partial charge is 0.385 e. The summed E-state index contributed by atoms with van der Waals surface area (Å²) in [6, 6.07) is 9.93. The molecule has 0 aliphatic heterocycles. The monoisotopic (exact) mass is 226 g/mol. The Labute approximate surface area is 103 Å². The van der Waals surface area contributed by atoms with Crippen molar-refractivity contribution in [3.8, 4) is 6.07 Å². The molecule has 2 aliphatic carbocycles. The van der Waals surface area contributed by atoms with E-state index >= 15 is 0 Å². The fraction of sp³-hybridized carbons (Fsp3) is 0.533. The van der Waals surface area contributed by atoms with Crippen LogP contribution in [0.15, 0.2) is 24.3 Å². The van der Waals surface area contributed by atoms with E-state index in [0.717, 1.165) is 35.5 Å². The van der Waals surface area contributed by atoms with Gasteiger partial charge in [-0.2, -0.15) is 5.26 Å². The average Bonchev–Trinajstić information content (AvgIpc) is 3.24. The van der Waals surface area contributed by atoms with E-state index < -0.39 is 0 Å². The number of nitrogens with zero attached hydrogens (tertiary/aromatic N) is 1. The van der Waals surface area contributed by atoms with Crippen molar-refractivity contribution in [2.45, 2.75) is 25.7 Å². The molecule has 1 aromatic rings. The fourth-order valence-electron chi connectivity index (χ4n) is 2.67. The van der Waals surface area contributed by atoms with Crippen molar-refractivity contribution in [2.75, 3.05) is 11.9 Å². The first-order chi connectivity index (χ1) is 8.36. The van der Waals surface area contributed by atoms with Crippen molar-refractivity contribution in [3.05, 3.63) is 29.8 Å². The van der Waals surface area contributed by atoms with Crippen LogP contribution in [0.5, 0.6) is 0 Å². The quantitative estimate of drug-likeness (QED) is 0.835. The van der Waals surface area contributed by atoms with Gasteiger partial charge in [0.15, 0.2) is 0 Å². The molecule has 0 bridgehead atoms. The van der Waals surface area contributed by atoms with Gasteiger partial charge in [0.2, 0.25) is 0 Å². The maximum atomic E-state index is 8.74. The zero-order valence-electron chi connectivity index (χ0n) is 10.0. The van der Waals surface area contributed by atoms with Crippen LogP contribution in [-0.2, 0) is 0 Å². The number of rotatable bonds is 5. The third kappa shape index (κ3) is 2.61. The third-order valence-corrected chi connectivity index (χ3v) is 4.01. The smallest absolute Gasteiger partial charge is 0.0991 e. The first kappa shape index (κ1) is 10.7. The van der Waals surface area contributed by atoms with Crippen molar-refractivity contribution in [3.63, 3.8) is 0 Å². The summed E-state index contributed by atoms with van der Waals surface area (Å²) in [6.45, 7) is 1.11. The van der Waals surface area contributed by atoms with E-state index in [9.17, 15) is 0 Å². The van der Waals surface area contributed by atoms with Gasteiger partial charge in [0.25, 0.3) is 0 Å². The maximum Gasteiger partial charge on any atom is 0.0991 e. The summed E-state index contributed by atoms with van der Waals surface area (Å²) in [7, 11) is 0. The SMILES string of the molecule is N#Cc1ccc(NCC(C2CC2)C2CC2)cc1. The van der Waals surface area contributed by atoms with Crippen LogP contribution in [-0.4, -0.2) is 6.54 Å². The lowest BCUT2D eigenvalue weighted by molar-refractivity contribution is 0.428. The Bertz CT molecular complexity index is 409. The number of benzene rings is 1. The van der Waals surface area contributed by atoms with Gasteiger partial charge < -0.3 is 5.32 Å². The molecular weight excluding hydrogens is 208 g/mol. The van der Waals surface area contributed by atoms with E-state index in [0.29, 0.717) is 0 Å². The maximum absolute atomic E-state index is 8.74. The fourth-order valence-corrected chi connectivity index (χ4v) is 2.67. The van der Waals surface area contributed by atoms with Crippen LogP contribution in [0.2, 0.25) is 0 Å². The Kier molecular flexibility index (Phi) is 2.76. The predicted octanol–water partition coefficient (Wildman–Crippen LogP) is 3.41. The summed E-state index contributed by atoms with van der Waals surface area (Å²) < 4.78 is 0. The molecule has 0 unspecified atom stereocenters. The topological polar surface area (TPSA) is 35.8 Å². The Hall–Kier alpha value is -1.49. The molecule has 0 saturated heterocycles. The average molecular weight is 226 g/mol. The van der Waals surface area contributed by atoms with Crippen molar-refractivity contribution < 1.29 is 0 Å². The second-order valence-corrected chi connectivity index (χ2v) is 5.41. The van der Waals surface area contributed by atoms with Crippen LogP contribution in [0.3, 0.4) is 0 Å². The van der Waals surface area contributed by atoms with Gasteiger partial charge in [-0.3, -0.25) is 0 Å². The molecule has 0 spiro atoms. The van der Waals surface area contributed by atoms with E-state index in [-0.39, 0.29) is 0 Å². The molecule has 17 heavy (non-hydrogen) atoms. The summed E-state index contributed by atoms with van der Waals surface area (Å²) in [6.07, 6.45) is 5.76. The zero-order valence-corrected chi connectivity index (χ0v) is 10.0. The number of hydrogen-bond donors (Lipinski definition) is 1. The van der Waals surface area contributed by atoms with Crippen LogP contribution in [0.1, 0.15) is 31.2 Å². The van der Waals surface area contributed by atoms with Crippen LogP contribution in [0, 0.1) is 29.1 Å². The molecule has 0 radical (unpaired) electrons. The molecule has 2 saturated carbocycles. The van der Waals surface area contributed by atoms with E-state index in [2.05, 4.69) is 11.4 Å². The Morgan fingerprint density at radius 3 is 2.18 bits per heavy atom. The van der Waals surface area contributed by atoms with Gasteiger partial charge in [-0.15, -0.1) is 0 Å². The minimum Gasteiger partial charge on any atom is -0.385 e. The predicted molar refractivity (Wildman–Crippen MR) is 68.6 cm³/mol. The molecule has 2 aliphatic rings. The Balaban J connectivity index is 1.56. The summed E-state index contributed by atoms with van der Waals surface area (Å²) in [5, 5.41) is 12.3. The van der Waals surface area contributed by atoms with Gasteiger partial charge in [0.05, 0.1) is 11.6 Å². The standard InChI is InChI=1S/C15H18N2/c16-9-11-1-7-14(8-2-11)17-10-15(12-3-4-12)13-5-6-13/h1-2,7-8,12-13,15,17H,3-6,10H2. The van der Waals surface area contributed by atoms with Crippen molar-refractivity contribution in [2.24, 2.45) is 17.8 Å². The van der Waals surface area contributed by atoms with Gasteiger partial charge in [-0.05, 0) is 67.7 Å². The van der Waals surface area contributed by atoms with Crippen molar-refractivity contribution in [1.82, 2.24) is 0 Å². The summed E-state index contributed by atoms with van der Waals surface area (Å²) in [4.78, 5) is 0. The highest BCUT2D eigenvalue weighted by molar-refractivity contribution is 5.47. The minimum absolute atomic E-state index is 0.733. The molecule has 2 fully saturated rings. The lowest BCUT2D eigenvalue weighted by atomic mass is 9.98. The lowest BCUT2D eigenvalue weighted by Crippen LogP contribution is -2.18. The summed E-state index contributed by atoms with van der Waals surface area (Å²) >= 11 is 0. The van der Waals surface area contributed by atoms with Gasteiger partial charge >= 0.3 is 0 Å². The highest BCUT2D eigenvalue weighted by Crippen LogP contribution is 2.49. The van der Waals surface area contributed by atoms with Crippen LogP contribution < -0.4 is 5.32 Å². The third-order valence-electron chi connectivity index (χ3n) is 4.01. The first-order valence-electron chi connectivity index (χ1n) is 6.61. The Morgan fingerprint density at radius 2 is 1.71 bits per heavy atom. The molecule has 0 heterocycles. The highest BCUT2D eigenvalue weighted by Gasteiger charge is 2.40. The normalized spacial score (nSPS) is 19.1. The van der Waals surface area contributed by atoms with Gasteiger partial charge in [0, 0.05) is 12.2 Å². The molecule has 0 amide bonds. The van der Waals surface area contributed by atoms with Gasteiger partial charge in [0.1, 0.15) is 0 Å². The van der Waals surface area contributed by atoms with Crippen molar-refractivity contribution in [1.29, 1.82) is 5.26 Å². The number of nitriles is 1. The van der Waals surface area contributed by atoms with Crippen LogP contribution >= 0.6 is 0 Å². The second kappa shape index (κ2) is 4.41. The molecular formula is C15H18N2.